The summed E-state index contributed by atoms with van der Waals surface area (Å²) in [6.07, 6.45) is 3.22. The SMILES string of the molecule is CCCCS(=O)(=O)N1C[C@H]2CC[C@@]3(N=C(C)N(CC)C3=O)[C@H]2C1. The molecule has 1 spiro atoms. The van der Waals surface area contributed by atoms with Crippen molar-refractivity contribution < 1.29 is 13.2 Å². The average molecular weight is 341 g/mol. The molecule has 6 nitrogen and oxygen atoms in total. The van der Waals surface area contributed by atoms with Gasteiger partial charge in [-0.15, -0.1) is 0 Å². The summed E-state index contributed by atoms with van der Waals surface area (Å²) in [6, 6.07) is 0. The van der Waals surface area contributed by atoms with Gasteiger partial charge < -0.3 is 0 Å². The number of hydrogen-bond donors (Lipinski definition) is 0. The first-order chi connectivity index (χ1) is 10.9. The fourth-order valence-electron chi connectivity index (χ4n) is 4.49. The van der Waals surface area contributed by atoms with Crippen LogP contribution in [0.1, 0.15) is 46.5 Å². The van der Waals surface area contributed by atoms with E-state index in [1.165, 1.54) is 0 Å². The molecular weight excluding hydrogens is 314 g/mol. The molecule has 0 aromatic heterocycles. The van der Waals surface area contributed by atoms with E-state index in [1.54, 1.807) is 9.21 Å². The van der Waals surface area contributed by atoms with Gasteiger partial charge in [-0.3, -0.25) is 14.7 Å². The number of likely N-dealkylation sites (N-methyl/N-ethyl adjacent to an activating group) is 1. The topological polar surface area (TPSA) is 70.1 Å². The average Bonchev–Trinajstić information content (AvgIpc) is 3.13. The maximum atomic E-state index is 12.9. The van der Waals surface area contributed by atoms with Crippen LogP contribution in [0.15, 0.2) is 4.99 Å². The van der Waals surface area contributed by atoms with Gasteiger partial charge in [-0.25, -0.2) is 12.7 Å². The molecule has 0 aromatic rings. The van der Waals surface area contributed by atoms with Crippen molar-refractivity contribution in [2.24, 2.45) is 16.8 Å². The Bertz CT molecular complexity index is 630. The van der Waals surface area contributed by atoms with Gasteiger partial charge in [-0.2, -0.15) is 0 Å². The summed E-state index contributed by atoms with van der Waals surface area (Å²) in [6.45, 7) is 7.49. The van der Waals surface area contributed by atoms with Gasteiger partial charge in [0.1, 0.15) is 11.4 Å². The highest BCUT2D eigenvalue weighted by atomic mass is 32.2. The summed E-state index contributed by atoms with van der Waals surface area (Å²) in [5.41, 5.74) is -0.695. The Kier molecular flexibility index (Phi) is 4.29. The fraction of sp³-hybridized carbons (Fsp3) is 0.875. The molecule has 23 heavy (non-hydrogen) atoms. The number of nitrogens with zero attached hydrogens (tertiary/aromatic N) is 3. The van der Waals surface area contributed by atoms with Crippen LogP contribution in [0.25, 0.3) is 0 Å². The Morgan fingerprint density at radius 2 is 2.04 bits per heavy atom. The normalized spacial score (nSPS) is 34.5. The van der Waals surface area contributed by atoms with Crippen LogP contribution in [-0.2, 0) is 14.8 Å². The van der Waals surface area contributed by atoms with E-state index in [0.29, 0.717) is 26.1 Å². The fourth-order valence-corrected chi connectivity index (χ4v) is 6.21. The van der Waals surface area contributed by atoms with Crippen molar-refractivity contribution in [1.29, 1.82) is 0 Å². The number of carbonyl (C=O) groups excluding carboxylic acids is 1. The number of carbonyl (C=O) groups is 1. The summed E-state index contributed by atoms with van der Waals surface area (Å²) >= 11 is 0. The van der Waals surface area contributed by atoms with E-state index in [9.17, 15) is 13.2 Å². The summed E-state index contributed by atoms with van der Waals surface area (Å²) < 4.78 is 26.6. The molecule has 0 bridgehead atoms. The van der Waals surface area contributed by atoms with Gasteiger partial charge in [0.25, 0.3) is 5.91 Å². The lowest BCUT2D eigenvalue weighted by Crippen LogP contribution is -2.46. The first-order valence-electron chi connectivity index (χ1n) is 8.72. The molecule has 0 radical (unpaired) electrons. The van der Waals surface area contributed by atoms with Gasteiger partial charge in [0, 0.05) is 25.6 Å². The molecule has 3 rings (SSSR count). The lowest BCUT2D eigenvalue weighted by molar-refractivity contribution is -0.132. The zero-order valence-corrected chi connectivity index (χ0v) is 15.1. The van der Waals surface area contributed by atoms with Crippen LogP contribution in [0.3, 0.4) is 0 Å². The van der Waals surface area contributed by atoms with E-state index in [1.807, 2.05) is 20.8 Å². The van der Waals surface area contributed by atoms with Crippen molar-refractivity contribution in [3.63, 3.8) is 0 Å². The van der Waals surface area contributed by atoms with E-state index in [4.69, 9.17) is 4.99 Å². The molecule has 1 amide bonds. The van der Waals surface area contributed by atoms with Crippen molar-refractivity contribution >= 4 is 21.8 Å². The second kappa shape index (κ2) is 5.84. The molecule has 1 aliphatic carbocycles. The Hall–Kier alpha value is -0.950. The number of amidine groups is 1. The molecule has 7 heteroatoms. The van der Waals surface area contributed by atoms with E-state index in [2.05, 4.69) is 0 Å². The summed E-state index contributed by atoms with van der Waals surface area (Å²) in [4.78, 5) is 19.4. The molecule has 130 valence electrons. The van der Waals surface area contributed by atoms with Crippen LogP contribution in [0.5, 0.6) is 0 Å². The van der Waals surface area contributed by atoms with Gasteiger partial charge >= 0.3 is 0 Å². The van der Waals surface area contributed by atoms with E-state index in [-0.39, 0.29) is 23.5 Å². The summed E-state index contributed by atoms with van der Waals surface area (Å²) in [5, 5.41) is 0. The maximum absolute atomic E-state index is 12.9. The Morgan fingerprint density at radius 1 is 1.30 bits per heavy atom. The van der Waals surface area contributed by atoms with Crippen LogP contribution in [-0.4, -0.2) is 60.3 Å². The molecule has 3 aliphatic rings. The molecule has 3 atom stereocenters. The quantitative estimate of drug-likeness (QED) is 0.760. The number of rotatable bonds is 5. The van der Waals surface area contributed by atoms with Crippen LogP contribution in [0, 0.1) is 11.8 Å². The first-order valence-corrected chi connectivity index (χ1v) is 10.3. The highest BCUT2D eigenvalue weighted by Crippen LogP contribution is 2.50. The van der Waals surface area contributed by atoms with Crippen molar-refractivity contribution in [2.45, 2.75) is 52.0 Å². The van der Waals surface area contributed by atoms with E-state index >= 15 is 0 Å². The Balaban J connectivity index is 1.82. The highest BCUT2D eigenvalue weighted by Gasteiger charge is 2.61. The number of hydrogen-bond acceptors (Lipinski definition) is 4. The van der Waals surface area contributed by atoms with Gasteiger partial charge in [-0.05, 0) is 39.0 Å². The van der Waals surface area contributed by atoms with Crippen LogP contribution in [0.4, 0.5) is 0 Å². The molecule has 2 fully saturated rings. The monoisotopic (exact) mass is 341 g/mol. The van der Waals surface area contributed by atoms with Gasteiger partial charge in [-0.1, -0.05) is 13.3 Å². The van der Waals surface area contributed by atoms with Crippen LogP contribution >= 0.6 is 0 Å². The van der Waals surface area contributed by atoms with Gasteiger partial charge in [0.2, 0.25) is 10.0 Å². The number of aliphatic imine (C=N–C) groups is 1. The molecule has 0 aromatic carbocycles. The number of fused-ring (bicyclic) bond motifs is 2. The molecule has 0 N–H and O–H groups in total. The van der Waals surface area contributed by atoms with Crippen molar-refractivity contribution in [3.05, 3.63) is 0 Å². The summed E-state index contributed by atoms with van der Waals surface area (Å²) in [7, 11) is -3.20. The largest absolute Gasteiger partial charge is 0.299 e. The molecule has 2 heterocycles. The molecular formula is C16H27N3O3S. The molecule has 1 saturated heterocycles. The molecule has 0 unspecified atom stereocenters. The van der Waals surface area contributed by atoms with Crippen molar-refractivity contribution in [3.8, 4) is 0 Å². The second-order valence-electron chi connectivity index (χ2n) is 7.02. The lowest BCUT2D eigenvalue weighted by Gasteiger charge is -2.27. The van der Waals surface area contributed by atoms with Crippen molar-refractivity contribution in [1.82, 2.24) is 9.21 Å². The minimum absolute atomic E-state index is 0.0397. The Morgan fingerprint density at radius 3 is 2.65 bits per heavy atom. The third kappa shape index (κ3) is 2.52. The van der Waals surface area contributed by atoms with Gasteiger partial charge in [0.05, 0.1) is 5.75 Å². The van der Waals surface area contributed by atoms with Crippen molar-refractivity contribution in [2.75, 3.05) is 25.4 Å². The number of amides is 1. The third-order valence-electron chi connectivity index (χ3n) is 5.75. The standard InChI is InChI=1S/C16H27N3O3S/c1-4-6-9-23(21,22)18-10-13-7-8-16(14(13)11-18)15(20)19(5-2)12(3)17-16/h13-14H,4-11H2,1-3H3/t13-,14+,16-/m1/s1. The van der Waals surface area contributed by atoms with Crippen LogP contribution in [0.2, 0.25) is 0 Å². The summed E-state index contributed by atoms with van der Waals surface area (Å²) in [5.74, 6) is 1.39. The number of unbranched alkanes of at least 4 members (excludes halogenated alkanes) is 1. The zero-order valence-electron chi connectivity index (χ0n) is 14.3. The van der Waals surface area contributed by atoms with E-state index < -0.39 is 15.6 Å². The van der Waals surface area contributed by atoms with E-state index in [0.717, 1.165) is 25.1 Å². The minimum atomic E-state index is -3.20. The maximum Gasteiger partial charge on any atom is 0.256 e. The molecule has 1 saturated carbocycles. The zero-order chi connectivity index (χ0) is 16.8. The number of sulfonamides is 1. The smallest absolute Gasteiger partial charge is 0.256 e. The third-order valence-corrected chi connectivity index (χ3v) is 7.64. The highest BCUT2D eigenvalue weighted by molar-refractivity contribution is 7.89. The minimum Gasteiger partial charge on any atom is -0.299 e. The predicted molar refractivity (Wildman–Crippen MR) is 89.7 cm³/mol. The Labute approximate surface area is 139 Å². The van der Waals surface area contributed by atoms with Crippen LogP contribution < -0.4 is 0 Å². The predicted octanol–water partition coefficient (Wildman–Crippen LogP) is 1.48. The first kappa shape index (κ1) is 16.9. The second-order valence-corrected chi connectivity index (χ2v) is 9.11. The van der Waals surface area contributed by atoms with Gasteiger partial charge in [0.15, 0.2) is 0 Å². The lowest BCUT2D eigenvalue weighted by atomic mass is 9.85. The molecule has 2 aliphatic heterocycles.